The Morgan fingerprint density at radius 1 is 0.889 bits per heavy atom. The number of nitrogens with two attached hydrogens (primary N) is 1. The molecule has 0 radical (unpaired) electrons. The predicted molar refractivity (Wildman–Crippen MR) is 77.7 cm³/mol. The second-order valence-corrected chi connectivity index (χ2v) is 5.14. The summed E-state index contributed by atoms with van der Waals surface area (Å²) in [5.74, 6) is 0. The first-order valence-electron chi connectivity index (χ1n) is 6.44. The topological polar surface area (TPSA) is 26.0 Å². The Hall–Kier alpha value is -1.60. The molecule has 0 unspecified atom stereocenters. The average molecular weight is 239 g/mol. The molecule has 0 heterocycles. The highest BCUT2D eigenvalue weighted by atomic mass is 14.6. The molecule has 0 saturated carbocycles. The smallest absolute Gasteiger partial charge is 0.0335 e. The lowest BCUT2D eigenvalue weighted by Crippen LogP contribution is -2.13. The predicted octanol–water partition coefficient (Wildman–Crippen LogP) is 3.85. The molecule has 0 saturated heterocycles. The van der Waals surface area contributed by atoms with Crippen LogP contribution in [0.25, 0.3) is 0 Å². The highest BCUT2D eigenvalue weighted by Gasteiger charge is 2.07. The van der Waals surface area contributed by atoms with Crippen molar-refractivity contribution >= 4 is 0 Å². The van der Waals surface area contributed by atoms with E-state index < -0.39 is 0 Å². The first-order valence-corrected chi connectivity index (χ1v) is 6.44. The fourth-order valence-electron chi connectivity index (χ4n) is 2.09. The quantitative estimate of drug-likeness (QED) is 0.865. The van der Waals surface area contributed by atoms with E-state index in [0.717, 1.165) is 6.42 Å². The van der Waals surface area contributed by atoms with Crippen LogP contribution in [0.1, 0.15) is 33.9 Å². The summed E-state index contributed by atoms with van der Waals surface area (Å²) in [5, 5.41) is 0. The lowest BCUT2D eigenvalue weighted by Gasteiger charge is -2.14. The molecular formula is C17H21N. The van der Waals surface area contributed by atoms with E-state index in [0.29, 0.717) is 0 Å². The van der Waals surface area contributed by atoms with Gasteiger partial charge in [-0.15, -0.1) is 0 Å². The van der Waals surface area contributed by atoms with E-state index in [1.54, 1.807) is 0 Å². The molecule has 1 nitrogen and oxygen atoms in total. The summed E-state index contributed by atoms with van der Waals surface area (Å²) in [6, 6.07) is 15.2. The van der Waals surface area contributed by atoms with Crippen LogP contribution in [0.3, 0.4) is 0 Å². The van der Waals surface area contributed by atoms with Crippen LogP contribution < -0.4 is 5.73 Å². The summed E-state index contributed by atoms with van der Waals surface area (Å²) < 4.78 is 0. The van der Waals surface area contributed by atoms with E-state index in [1.165, 1.54) is 27.8 Å². The first kappa shape index (κ1) is 12.8. The van der Waals surface area contributed by atoms with Crippen LogP contribution >= 0.6 is 0 Å². The maximum Gasteiger partial charge on any atom is 0.0335 e. The van der Waals surface area contributed by atoms with Gasteiger partial charge >= 0.3 is 0 Å². The lowest BCUT2D eigenvalue weighted by atomic mass is 9.96. The van der Waals surface area contributed by atoms with Gasteiger partial charge in [0.2, 0.25) is 0 Å². The molecule has 0 aliphatic carbocycles. The number of benzene rings is 2. The van der Waals surface area contributed by atoms with E-state index in [4.69, 9.17) is 5.73 Å². The zero-order valence-electron chi connectivity index (χ0n) is 11.4. The molecule has 2 rings (SSSR count). The van der Waals surface area contributed by atoms with Gasteiger partial charge in [0.05, 0.1) is 0 Å². The van der Waals surface area contributed by atoms with E-state index in [2.05, 4.69) is 63.2 Å². The minimum Gasteiger partial charge on any atom is -0.324 e. The number of rotatable bonds is 3. The molecule has 2 aromatic rings. The second kappa shape index (κ2) is 5.36. The Morgan fingerprint density at radius 2 is 1.56 bits per heavy atom. The van der Waals surface area contributed by atoms with Crippen LogP contribution in [-0.4, -0.2) is 0 Å². The Morgan fingerprint density at radius 3 is 2.17 bits per heavy atom. The van der Waals surface area contributed by atoms with Crippen molar-refractivity contribution in [1.29, 1.82) is 0 Å². The molecule has 0 aliphatic heterocycles. The van der Waals surface area contributed by atoms with Crippen molar-refractivity contribution < 1.29 is 0 Å². The van der Waals surface area contributed by atoms with Crippen LogP contribution in [0.2, 0.25) is 0 Å². The largest absolute Gasteiger partial charge is 0.324 e. The van der Waals surface area contributed by atoms with E-state index in [1.807, 2.05) is 0 Å². The van der Waals surface area contributed by atoms with Crippen molar-refractivity contribution in [2.45, 2.75) is 33.2 Å². The van der Waals surface area contributed by atoms with Gasteiger partial charge in [-0.05, 0) is 49.4 Å². The van der Waals surface area contributed by atoms with Crippen molar-refractivity contribution in [3.8, 4) is 0 Å². The van der Waals surface area contributed by atoms with Gasteiger partial charge in [0, 0.05) is 6.04 Å². The standard InChI is InChI=1S/C17H21N/c1-12-4-7-15(8-5-12)11-17(18)16-9-6-13(2)14(3)10-16/h4-10,17H,11,18H2,1-3H3/t17-/m0/s1. The summed E-state index contributed by atoms with van der Waals surface area (Å²) >= 11 is 0. The van der Waals surface area contributed by atoms with Crippen LogP contribution in [0.15, 0.2) is 42.5 Å². The van der Waals surface area contributed by atoms with Crippen molar-refractivity contribution in [3.05, 3.63) is 70.3 Å². The van der Waals surface area contributed by atoms with Gasteiger partial charge in [-0.2, -0.15) is 0 Å². The van der Waals surface area contributed by atoms with Crippen molar-refractivity contribution in [2.24, 2.45) is 5.73 Å². The molecule has 2 aromatic carbocycles. The normalized spacial score (nSPS) is 12.4. The van der Waals surface area contributed by atoms with Gasteiger partial charge in [-0.1, -0.05) is 48.0 Å². The summed E-state index contributed by atoms with van der Waals surface area (Å²) in [7, 11) is 0. The maximum absolute atomic E-state index is 6.28. The summed E-state index contributed by atoms with van der Waals surface area (Å²) in [5.41, 5.74) is 12.7. The highest BCUT2D eigenvalue weighted by molar-refractivity contribution is 5.33. The molecule has 0 bridgehead atoms. The molecule has 2 N–H and O–H groups in total. The molecule has 0 fully saturated rings. The molecule has 94 valence electrons. The summed E-state index contributed by atoms with van der Waals surface area (Å²) in [6.07, 6.45) is 0.892. The second-order valence-electron chi connectivity index (χ2n) is 5.14. The van der Waals surface area contributed by atoms with Gasteiger partial charge in [-0.25, -0.2) is 0 Å². The van der Waals surface area contributed by atoms with Crippen molar-refractivity contribution in [2.75, 3.05) is 0 Å². The molecular weight excluding hydrogens is 218 g/mol. The average Bonchev–Trinajstić information content (AvgIpc) is 2.35. The van der Waals surface area contributed by atoms with Gasteiger partial charge in [0.1, 0.15) is 0 Å². The third-order valence-corrected chi connectivity index (χ3v) is 3.54. The third-order valence-electron chi connectivity index (χ3n) is 3.54. The van der Waals surface area contributed by atoms with Gasteiger partial charge < -0.3 is 5.73 Å². The molecule has 1 heteroatoms. The van der Waals surface area contributed by atoms with Crippen LogP contribution in [-0.2, 0) is 6.42 Å². The van der Waals surface area contributed by atoms with Gasteiger partial charge in [-0.3, -0.25) is 0 Å². The van der Waals surface area contributed by atoms with E-state index in [-0.39, 0.29) is 6.04 Å². The fourth-order valence-corrected chi connectivity index (χ4v) is 2.09. The van der Waals surface area contributed by atoms with E-state index >= 15 is 0 Å². The molecule has 0 aliphatic rings. The minimum absolute atomic E-state index is 0.0759. The van der Waals surface area contributed by atoms with Crippen LogP contribution in [0.4, 0.5) is 0 Å². The molecule has 1 atom stereocenters. The molecule has 0 spiro atoms. The zero-order valence-corrected chi connectivity index (χ0v) is 11.4. The molecule has 0 aromatic heterocycles. The first-order chi connectivity index (χ1) is 8.56. The Labute approximate surface area is 110 Å². The highest BCUT2D eigenvalue weighted by Crippen LogP contribution is 2.19. The SMILES string of the molecule is Cc1ccc(C[C@H](N)c2ccc(C)c(C)c2)cc1. The van der Waals surface area contributed by atoms with Crippen LogP contribution in [0, 0.1) is 20.8 Å². The minimum atomic E-state index is 0.0759. The molecule has 18 heavy (non-hydrogen) atoms. The molecule has 0 amide bonds. The Balaban J connectivity index is 2.13. The maximum atomic E-state index is 6.28. The zero-order chi connectivity index (χ0) is 13.1. The Kier molecular flexibility index (Phi) is 3.83. The fraction of sp³-hybridized carbons (Fsp3) is 0.294. The summed E-state index contributed by atoms with van der Waals surface area (Å²) in [4.78, 5) is 0. The van der Waals surface area contributed by atoms with Crippen LogP contribution in [0.5, 0.6) is 0 Å². The Bertz CT molecular complexity index is 526. The summed E-state index contributed by atoms with van der Waals surface area (Å²) in [6.45, 7) is 6.37. The van der Waals surface area contributed by atoms with E-state index in [9.17, 15) is 0 Å². The lowest BCUT2D eigenvalue weighted by molar-refractivity contribution is 0.720. The van der Waals surface area contributed by atoms with Crippen molar-refractivity contribution in [3.63, 3.8) is 0 Å². The van der Waals surface area contributed by atoms with Gasteiger partial charge in [0.25, 0.3) is 0 Å². The number of aryl methyl sites for hydroxylation is 3. The number of hydrogen-bond donors (Lipinski definition) is 1. The van der Waals surface area contributed by atoms with Crippen molar-refractivity contribution in [1.82, 2.24) is 0 Å². The number of hydrogen-bond acceptors (Lipinski definition) is 1. The van der Waals surface area contributed by atoms with Gasteiger partial charge in [0.15, 0.2) is 0 Å². The third kappa shape index (κ3) is 2.99. The monoisotopic (exact) mass is 239 g/mol.